The summed E-state index contributed by atoms with van der Waals surface area (Å²) in [6, 6.07) is 0. The number of nitrogens with one attached hydrogen (secondary N) is 1. The molecule has 1 aromatic rings. The summed E-state index contributed by atoms with van der Waals surface area (Å²) in [4.78, 5) is 8.07. The summed E-state index contributed by atoms with van der Waals surface area (Å²) in [5.74, 6) is 1.52. The van der Waals surface area contributed by atoms with Crippen LogP contribution >= 0.6 is 11.6 Å². The average Bonchev–Trinajstić information content (AvgIpc) is 2.76. The van der Waals surface area contributed by atoms with E-state index < -0.39 is 0 Å². The summed E-state index contributed by atoms with van der Waals surface area (Å²) in [6.45, 7) is 4.67. The highest BCUT2D eigenvalue weighted by Gasteiger charge is 2.14. The van der Waals surface area contributed by atoms with Gasteiger partial charge in [-0.25, -0.2) is 9.97 Å². The van der Waals surface area contributed by atoms with E-state index in [2.05, 4.69) is 15.3 Å². The molecule has 0 radical (unpaired) electrons. The Morgan fingerprint density at radius 3 is 3.25 bits per heavy atom. The topological polar surface area (TPSA) is 47.0 Å². The zero-order valence-electron chi connectivity index (χ0n) is 9.37. The van der Waals surface area contributed by atoms with Crippen LogP contribution in [0, 0.1) is 12.8 Å². The minimum Gasteiger partial charge on any atom is -0.381 e. The number of aryl methyl sites for hydroxylation is 1. The Morgan fingerprint density at radius 2 is 2.50 bits per heavy atom. The standard InChI is InChI=1S/C11H16ClN3O/c1-8-6-14-11(12)15-10(8)13-4-2-9-3-5-16-7-9/h6,9H,2-5,7H2,1H3,(H,13,14,15). The molecule has 1 aliphatic heterocycles. The molecule has 0 spiro atoms. The van der Waals surface area contributed by atoms with Crippen molar-refractivity contribution in [3.8, 4) is 0 Å². The van der Waals surface area contributed by atoms with Crippen molar-refractivity contribution in [2.24, 2.45) is 5.92 Å². The van der Waals surface area contributed by atoms with Crippen molar-refractivity contribution in [3.63, 3.8) is 0 Å². The third-order valence-corrected chi connectivity index (χ3v) is 2.99. The van der Waals surface area contributed by atoms with E-state index in [9.17, 15) is 0 Å². The first-order valence-electron chi connectivity index (χ1n) is 5.56. The van der Waals surface area contributed by atoms with Gasteiger partial charge in [0.2, 0.25) is 5.28 Å². The second-order valence-electron chi connectivity index (χ2n) is 4.12. The van der Waals surface area contributed by atoms with E-state index in [1.54, 1.807) is 6.20 Å². The fraction of sp³-hybridized carbons (Fsp3) is 0.636. The number of rotatable bonds is 4. The van der Waals surface area contributed by atoms with Gasteiger partial charge in [-0.15, -0.1) is 0 Å². The largest absolute Gasteiger partial charge is 0.381 e. The first kappa shape index (κ1) is 11.6. The molecule has 16 heavy (non-hydrogen) atoms. The predicted molar refractivity (Wildman–Crippen MR) is 63.8 cm³/mol. The molecular formula is C11H16ClN3O. The fourth-order valence-electron chi connectivity index (χ4n) is 1.81. The van der Waals surface area contributed by atoms with E-state index in [0.29, 0.717) is 5.92 Å². The smallest absolute Gasteiger partial charge is 0.224 e. The molecule has 2 rings (SSSR count). The summed E-state index contributed by atoms with van der Waals surface area (Å²) >= 11 is 5.74. The van der Waals surface area contributed by atoms with Gasteiger partial charge in [-0.1, -0.05) is 0 Å². The van der Waals surface area contributed by atoms with E-state index in [1.807, 2.05) is 6.92 Å². The Labute approximate surface area is 100 Å². The maximum Gasteiger partial charge on any atom is 0.224 e. The van der Waals surface area contributed by atoms with Gasteiger partial charge in [-0.05, 0) is 37.3 Å². The van der Waals surface area contributed by atoms with Crippen molar-refractivity contribution in [1.82, 2.24) is 9.97 Å². The minimum absolute atomic E-state index is 0.289. The summed E-state index contributed by atoms with van der Waals surface area (Å²) in [7, 11) is 0. The van der Waals surface area contributed by atoms with Crippen molar-refractivity contribution in [1.29, 1.82) is 0 Å². The Morgan fingerprint density at radius 1 is 1.62 bits per heavy atom. The number of hydrogen-bond acceptors (Lipinski definition) is 4. The highest BCUT2D eigenvalue weighted by Crippen LogP contribution is 2.17. The van der Waals surface area contributed by atoms with Crippen molar-refractivity contribution in [3.05, 3.63) is 17.0 Å². The van der Waals surface area contributed by atoms with Gasteiger partial charge in [-0.2, -0.15) is 0 Å². The van der Waals surface area contributed by atoms with Gasteiger partial charge in [0.25, 0.3) is 0 Å². The number of halogens is 1. The predicted octanol–water partition coefficient (Wildman–Crippen LogP) is 2.28. The van der Waals surface area contributed by atoms with Crippen molar-refractivity contribution >= 4 is 17.4 Å². The number of anilines is 1. The molecule has 1 saturated heterocycles. The lowest BCUT2D eigenvalue weighted by molar-refractivity contribution is 0.185. The fourth-order valence-corrected chi connectivity index (χ4v) is 1.94. The number of aromatic nitrogens is 2. The van der Waals surface area contributed by atoms with E-state index in [1.165, 1.54) is 6.42 Å². The van der Waals surface area contributed by atoms with Crippen LogP contribution in [-0.2, 0) is 4.74 Å². The summed E-state index contributed by atoms with van der Waals surface area (Å²) in [5.41, 5.74) is 1.02. The molecule has 1 aliphatic rings. The van der Waals surface area contributed by atoms with Crippen LogP contribution in [0.5, 0.6) is 0 Å². The molecule has 0 saturated carbocycles. The zero-order valence-corrected chi connectivity index (χ0v) is 10.1. The zero-order chi connectivity index (χ0) is 11.4. The van der Waals surface area contributed by atoms with Crippen LogP contribution in [0.3, 0.4) is 0 Å². The van der Waals surface area contributed by atoms with Gasteiger partial charge in [0.1, 0.15) is 5.82 Å². The second kappa shape index (κ2) is 5.46. The number of ether oxygens (including phenoxy) is 1. The maximum atomic E-state index is 5.74. The molecule has 1 aromatic heterocycles. The van der Waals surface area contributed by atoms with Crippen LogP contribution in [0.25, 0.3) is 0 Å². The molecule has 1 unspecified atom stereocenters. The van der Waals surface area contributed by atoms with Crippen molar-refractivity contribution < 1.29 is 4.74 Å². The number of hydrogen-bond donors (Lipinski definition) is 1. The molecule has 1 fully saturated rings. The SMILES string of the molecule is Cc1cnc(Cl)nc1NCCC1CCOC1. The monoisotopic (exact) mass is 241 g/mol. The van der Waals surface area contributed by atoms with Crippen molar-refractivity contribution in [2.45, 2.75) is 19.8 Å². The lowest BCUT2D eigenvalue weighted by atomic mass is 10.1. The summed E-state index contributed by atoms with van der Waals surface area (Å²) < 4.78 is 5.33. The molecule has 0 aromatic carbocycles. The van der Waals surface area contributed by atoms with Gasteiger partial charge in [-0.3, -0.25) is 0 Å². The molecule has 0 bridgehead atoms. The van der Waals surface area contributed by atoms with Crippen LogP contribution in [0.15, 0.2) is 6.20 Å². The molecule has 2 heterocycles. The summed E-state index contributed by atoms with van der Waals surface area (Å²) in [5, 5.41) is 3.58. The highest BCUT2D eigenvalue weighted by molar-refractivity contribution is 6.28. The lowest BCUT2D eigenvalue weighted by Crippen LogP contribution is -2.11. The quantitative estimate of drug-likeness (QED) is 0.822. The molecule has 0 amide bonds. The van der Waals surface area contributed by atoms with E-state index >= 15 is 0 Å². The Bertz CT molecular complexity index is 353. The van der Waals surface area contributed by atoms with Crippen molar-refractivity contribution in [2.75, 3.05) is 25.1 Å². The molecule has 1 N–H and O–H groups in total. The van der Waals surface area contributed by atoms with Gasteiger partial charge in [0.05, 0.1) is 0 Å². The van der Waals surface area contributed by atoms with Crippen LogP contribution < -0.4 is 5.32 Å². The molecular weight excluding hydrogens is 226 g/mol. The van der Waals surface area contributed by atoms with E-state index in [0.717, 1.165) is 37.6 Å². The second-order valence-corrected chi connectivity index (χ2v) is 4.45. The maximum absolute atomic E-state index is 5.74. The van der Waals surface area contributed by atoms with Crippen LogP contribution in [0.1, 0.15) is 18.4 Å². The third kappa shape index (κ3) is 3.06. The van der Waals surface area contributed by atoms with Crippen LogP contribution in [0.4, 0.5) is 5.82 Å². The lowest BCUT2D eigenvalue weighted by Gasteiger charge is -2.10. The van der Waals surface area contributed by atoms with Crippen LogP contribution in [0.2, 0.25) is 5.28 Å². The first-order valence-corrected chi connectivity index (χ1v) is 5.94. The van der Waals surface area contributed by atoms with E-state index in [-0.39, 0.29) is 5.28 Å². The number of nitrogens with zero attached hydrogens (tertiary/aromatic N) is 2. The van der Waals surface area contributed by atoms with E-state index in [4.69, 9.17) is 16.3 Å². The molecule has 0 aliphatic carbocycles. The molecule has 1 atom stereocenters. The third-order valence-electron chi connectivity index (χ3n) is 2.81. The molecule has 4 nitrogen and oxygen atoms in total. The van der Waals surface area contributed by atoms with Gasteiger partial charge < -0.3 is 10.1 Å². The van der Waals surface area contributed by atoms with Crippen LogP contribution in [-0.4, -0.2) is 29.7 Å². The summed E-state index contributed by atoms with van der Waals surface area (Å²) in [6.07, 6.45) is 4.02. The Balaban J connectivity index is 1.82. The Kier molecular flexibility index (Phi) is 3.96. The molecule has 88 valence electrons. The normalized spacial score (nSPS) is 20.0. The van der Waals surface area contributed by atoms with Gasteiger partial charge in [0.15, 0.2) is 0 Å². The average molecular weight is 242 g/mol. The van der Waals surface area contributed by atoms with Gasteiger partial charge in [0, 0.05) is 31.5 Å². The minimum atomic E-state index is 0.289. The highest BCUT2D eigenvalue weighted by atomic mass is 35.5. The van der Waals surface area contributed by atoms with Gasteiger partial charge >= 0.3 is 0 Å². The Hall–Kier alpha value is -0.870. The molecule has 5 heteroatoms. The first-order chi connectivity index (χ1) is 7.75.